The smallest absolute Gasteiger partial charge is 0.184 e. The number of aliphatic hydroxyl groups is 1. The van der Waals surface area contributed by atoms with E-state index in [0.29, 0.717) is 13.2 Å². The summed E-state index contributed by atoms with van der Waals surface area (Å²) in [4.78, 5) is 0. The van der Waals surface area contributed by atoms with Gasteiger partial charge in [0.15, 0.2) is 6.29 Å². The van der Waals surface area contributed by atoms with E-state index in [0.717, 1.165) is 38.9 Å². The highest BCUT2D eigenvalue weighted by molar-refractivity contribution is 4.83. The molecule has 0 aliphatic carbocycles. The molecule has 0 aromatic rings. The van der Waals surface area contributed by atoms with Crippen LogP contribution in [0.5, 0.6) is 0 Å². The van der Waals surface area contributed by atoms with Crippen LogP contribution in [0.25, 0.3) is 0 Å². The number of ether oxygens (including phenoxy) is 4. The normalized spacial score (nSPS) is 22.6. The molecule has 0 aromatic carbocycles. The van der Waals surface area contributed by atoms with Crippen molar-refractivity contribution in [1.82, 2.24) is 0 Å². The van der Waals surface area contributed by atoms with Crippen molar-refractivity contribution < 1.29 is 24.1 Å². The highest BCUT2D eigenvalue weighted by Gasteiger charge is 2.39. The second kappa shape index (κ2) is 24.2. The molecule has 1 rings (SSSR count). The lowest BCUT2D eigenvalue weighted by Crippen LogP contribution is -2.52. The Morgan fingerprint density at radius 1 is 0.600 bits per heavy atom. The summed E-state index contributed by atoms with van der Waals surface area (Å²) < 4.78 is 24.2. The van der Waals surface area contributed by atoms with Crippen LogP contribution >= 0.6 is 0 Å². The Morgan fingerprint density at radius 2 is 1.06 bits per heavy atom. The van der Waals surface area contributed by atoms with Crippen molar-refractivity contribution in [2.75, 3.05) is 26.4 Å². The van der Waals surface area contributed by atoms with Gasteiger partial charge in [-0.05, 0) is 19.3 Å². The number of rotatable bonds is 25. The third-order valence-electron chi connectivity index (χ3n) is 7.06. The van der Waals surface area contributed by atoms with Crippen molar-refractivity contribution in [3.8, 4) is 0 Å². The van der Waals surface area contributed by atoms with Crippen LogP contribution in [0.2, 0.25) is 0 Å². The monoisotopic (exact) mass is 500 g/mol. The van der Waals surface area contributed by atoms with Gasteiger partial charge in [-0.2, -0.15) is 0 Å². The maximum Gasteiger partial charge on any atom is 0.184 e. The zero-order valence-electron chi connectivity index (χ0n) is 23.7. The predicted octanol–water partition coefficient (Wildman–Crippen LogP) is 7.96. The lowest BCUT2D eigenvalue weighted by Gasteiger charge is -2.39. The van der Waals surface area contributed by atoms with Crippen molar-refractivity contribution in [3.63, 3.8) is 0 Å². The maximum atomic E-state index is 10.7. The van der Waals surface area contributed by atoms with E-state index >= 15 is 0 Å². The molecular formula is C30H60O5. The van der Waals surface area contributed by atoms with E-state index in [-0.39, 0.29) is 12.2 Å². The highest BCUT2D eigenvalue weighted by Crippen LogP contribution is 2.25. The molecule has 0 amide bonds. The molecule has 1 aliphatic heterocycles. The molecular weight excluding hydrogens is 440 g/mol. The molecule has 0 bridgehead atoms. The third kappa shape index (κ3) is 17.8. The van der Waals surface area contributed by atoms with Gasteiger partial charge in [0.1, 0.15) is 6.10 Å². The number of hydrogen-bond acceptors (Lipinski definition) is 5. The first kappa shape index (κ1) is 32.8. The van der Waals surface area contributed by atoms with Gasteiger partial charge in [0, 0.05) is 26.2 Å². The SMILES string of the molecule is CCCCCCCCOC[C@@H]1C[C@H](OCCCCCCCC)[C@@H](OCCCCCCCC)[C@H](O)O1. The van der Waals surface area contributed by atoms with Gasteiger partial charge in [-0.3, -0.25) is 0 Å². The summed E-state index contributed by atoms with van der Waals surface area (Å²) in [6.07, 6.45) is 21.5. The topological polar surface area (TPSA) is 57.2 Å². The van der Waals surface area contributed by atoms with E-state index in [4.69, 9.17) is 18.9 Å². The van der Waals surface area contributed by atoms with Gasteiger partial charge < -0.3 is 24.1 Å². The molecule has 5 heteroatoms. The minimum Gasteiger partial charge on any atom is -0.379 e. The van der Waals surface area contributed by atoms with E-state index in [1.807, 2.05) is 0 Å². The first-order valence-corrected chi connectivity index (χ1v) is 15.4. The molecule has 1 N–H and O–H groups in total. The molecule has 0 saturated carbocycles. The second-order valence-corrected chi connectivity index (χ2v) is 10.5. The van der Waals surface area contributed by atoms with Crippen LogP contribution in [0.3, 0.4) is 0 Å². The fraction of sp³-hybridized carbons (Fsp3) is 1.00. The average molecular weight is 501 g/mol. The summed E-state index contributed by atoms with van der Waals surface area (Å²) in [6, 6.07) is 0. The number of unbranched alkanes of at least 4 members (excludes halogenated alkanes) is 15. The first-order valence-electron chi connectivity index (χ1n) is 15.4. The zero-order valence-corrected chi connectivity index (χ0v) is 23.7. The second-order valence-electron chi connectivity index (χ2n) is 10.5. The van der Waals surface area contributed by atoms with E-state index in [1.54, 1.807) is 0 Å². The Kier molecular flexibility index (Phi) is 22.7. The van der Waals surface area contributed by atoms with Gasteiger partial charge in [0.25, 0.3) is 0 Å². The van der Waals surface area contributed by atoms with Crippen molar-refractivity contribution in [2.24, 2.45) is 0 Å². The summed E-state index contributed by atoms with van der Waals surface area (Å²) in [6.45, 7) is 9.41. The summed E-state index contributed by atoms with van der Waals surface area (Å²) in [5.41, 5.74) is 0. The summed E-state index contributed by atoms with van der Waals surface area (Å²) in [7, 11) is 0. The Morgan fingerprint density at radius 3 is 1.60 bits per heavy atom. The summed E-state index contributed by atoms with van der Waals surface area (Å²) in [5.74, 6) is 0. The van der Waals surface area contributed by atoms with Crippen LogP contribution in [-0.4, -0.2) is 56.1 Å². The molecule has 0 aromatic heterocycles. The van der Waals surface area contributed by atoms with Crippen LogP contribution in [-0.2, 0) is 18.9 Å². The lowest BCUT2D eigenvalue weighted by molar-refractivity contribution is -0.273. The van der Waals surface area contributed by atoms with Crippen molar-refractivity contribution in [1.29, 1.82) is 0 Å². The molecule has 35 heavy (non-hydrogen) atoms. The van der Waals surface area contributed by atoms with E-state index in [1.165, 1.54) is 96.3 Å². The van der Waals surface area contributed by atoms with Crippen molar-refractivity contribution in [2.45, 2.75) is 167 Å². The highest BCUT2D eigenvalue weighted by atomic mass is 16.7. The van der Waals surface area contributed by atoms with Crippen LogP contribution < -0.4 is 0 Å². The first-order chi connectivity index (χ1) is 17.2. The largest absolute Gasteiger partial charge is 0.379 e. The fourth-order valence-corrected chi connectivity index (χ4v) is 4.79. The summed E-state index contributed by atoms with van der Waals surface area (Å²) in [5, 5.41) is 10.7. The molecule has 210 valence electrons. The Balaban J connectivity index is 2.36. The van der Waals surface area contributed by atoms with Crippen molar-refractivity contribution >= 4 is 0 Å². The minimum absolute atomic E-state index is 0.128. The Labute approximate surface area is 218 Å². The quantitative estimate of drug-likeness (QED) is 0.129. The molecule has 0 radical (unpaired) electrons. The lowest BCUT2D eigenvalue weighted by atomic mass is 10.0. The summed E-state index contributed by atoms with van der Waals surface area (Å²) >= 11 is 0. The van der Waals surface area contributed by atoms with Crippen LogP contribution in [0, 0.1) is 0 Å². The molecule has 0 spiro atoms. The zero-order chi connectivity index (χ0) is 25.4. The van der Waals surface area contributed by atoms with E-state index in [2.05, 4.69) is 20.8 Å². The van der Waals surface area contributed by atoms with Gasteiger partial charge in [-0.25, -0.2) is 0 Å². The number of aliphatic hydroxyl groups excluding tert-OH is 1. The minimum atomic E-state index is -0.943. The standard InChI is InChI=1S/C30H60O5/c1-4-7-10-13-16-19-22-32-26-27-25-28(33-23-20-17-14-11-8-5-2)29(30(31)35-27)34-24-21-18-15-12-9-6-3/h27-31H,4-26H2,1-3H3/t27-,28-,29+,30+/m0/s1. The van der Waals surface area contributed by atoms with Gasteiger partial charge in [-0.15, -0.1) is 0 Å². The van der Waals surface area contributed by atoms with Gasteiger partial charge in [-0.1, -0.05) is 117 Å². The molecule has 4 atom stereocenters. The fourth-order valence-electron chi connectivity index (χ4n) is 4.79. The van der Waals surface area contributed by atoms with Crippen LogP contribution in [0.4, 0.5) is 0 Å². The van der Waals surface area contributed by atoms with Gasteiger partial charge in [0.05, 0.1) is 18.8 Å². The molecule has 5 nitrogen and oxygen atoms in total. The molecule has 1 fully saturated rings. The Hall–Kier alpha value is -0.200. The molecule has 1 saturated heterocycles. The van der Waals surface area contributed by atoms with Crippen LogP contribution in [0.1, 0.15) is 143 Å². The van der Waals surface area contributed by atoms with E-state index in [9.17, 15) is 5.11 Å². The van der Waals surface area contributed by atoms with Crippen molar-refractivity contribution in [3.05, 3.63) is 0 Å². The molecule has 1 heterocycles. The third-order valence-corrected chi connectivity index (χ3v) is 7.06. The van der Waals surface area contributed by atoms with E-state index < -0.39 is 12.4 Å². The average Bonchev–Trinajstić information content (AvgIpc) is 2.85. The molecule has 1 aliphatic rings. The van der Waals surface area contributed by atoms with Crippen LogP contribution in [0.15, 0.2) is 0 Å². The number of hydrogen-bond donors (Lipinski definition) is 1. The maximum absolute atomic E-state index is 10.7. The predicted molar refractivity (Wildman–Crippen MR) is 146 cm³/mol. The van der Waals surface area contributed by atoms with Gasteiger partial charge >= 0.3 is 0 Å². The Bertz CT molecular complexity index is 433. The van der Waals surface area contributed by atoms with Gasteiger partial charge in [0.2, 0.25) is 0 Å². The molecule has 0 unspecified atom stereocenters.